The van der Waals surface area contributed by atoms with Gasteiger partial charge in [-0.25, -0.2) is 9.78 Å². The van der Waals surface area contributed by atoms with E-state index < -0.39 is 0 Å². The maximum absolute atomic E-state index is 11.6. The summed E-state index contributed by atoms with van der Waals surface area (Å²) < 4.78 is 10.4. The van der Waals surface area contributed by atoms with Crippen molar-refractivity contribution < 1.29 is 14.3 Å². The van der Waals surface area contributed by atoms with E-state index in [0.29, 0.717) is 18.8 Å². The largest absolute Gasteiger partial charge is 0.465 e. The number of hydrogen-bond donors (Lipinski definition) is 0. The minimum Gasteiger partial charge on any atom is -0.465 e. The molecular weight excluding hydrogens is 302 g/mol. The van der Waals surface area contributed by atoms with E-state index in [-0.39, 0.29) is 5.97 Å². The van der Waals surface area contributed by atoms with Crippen molar-refractivity contribution >= 4 is 16.9 Å². The quantitative estimate of drug-likeness (QED) is 0.692. The number of ether oxygens (including phenoxy) is 2. The minimum atomic E-state index is -0.315. The monoisotopic (exact) mass is 319 g/mol. The molecule has 0 N–H and O–H groups in total. The van der Waals surface area contributed by atoms with Crippen LogP contribution in [-0.2, 0) is 29.1 Å². The van der Waals surface area contributed by atoms with Crippen LogP contribution in [0.25, 0.3) is 10.9 Å². The number of para-hydroxylation sites is 1. The molecule has 0 bridgehead atoms. The number of pyridine rings is 1. The Hall–Kier alpha value is -2.72. The van der Waals surface area contributed by atoms with Gasteiger partial charge in [0.1, 0.15) is 0 Å². The lowest BCUT2D eigenvalue weighted by molar-refractivity contribution is 0.0600. The molecule has 120 valence electrons. The molecule has 1 aromatic heterocycles. The summed E-state index contributed by atoms with van der Waals surface area (Å²) in [6.07, 6.45) is 0.788. The summed E-state index contributed by atoms with van der Waals surface area (Å²) in [5, 5.41) is 1.17. The molecule has 4 rings (SSSR count). The fourth-order valence-corrected chi connectivity index (χ4v) is 3.20. The Morgan fingerprint density at radius 3 is 2.71 bits per heavy atom. The zero-order valence-corrected chi connectivity index (χ0v) is 13.4. The van der Waals surface area contributed by atoms with Crippen molar-refractivity contribution in [1.82, 2.24) is 4.98 Å². The van der Waals surface area contributed by atoms with Gasteiger partial charge < -0.3 is 9.47 Å². The van der Waals surface area contributed by atoms with E-state index in [1.54, 1.807) is 12.1 Å². The van der Waals surface area contributed by atoms with Crippen LogP contribution in [0, 0.1) is 0 Å². The lowest BCUT2D eigenvalue weighted by Crippen LogP contribution is -2.02. The molecule has 0 unspecified atom stereocenters. The van der Waals surface area contributed by atoms with Crippen LogP contribution in [-0.4, -0.2) is 18.1 Å². The van der Waals surface area contributed by atoms with Crippen molar-refractivity contribution in [2.45, 2.75) is 19.6 Å². The third-order valence-electron chi connectivity index (χ3n) is 4.44. The first kappa shape index (κ1) is 14.8. The molecule has 2 aromatic carbocycles. The summed E-state index contributed by atoms with van der Waals surface area (Å²) in [7, 11) is 1.39. The number of carbonyl (C=O) groups is 1. The van der Waals surface area contributed by atoms with Crippen LogP contribution in [0.15, 0.2) is 48.5 Å². The molecule has 0 spiro atoms. The first-order valence-electron chi connectivity index (χ1n) is 7.90. The first-order valence-corrected chi connectivity index (χ1v) is 7.90. The van der Waals surface area contributed by atoms with E-state index >= 15 is 0 Å². The van der Waals surface area contributed by atoms with E-state index in [1.165, 1.54) is 23.6 Å². The van der Waals surface area contributed by atoms with Gasteiger partial charge in [0, 0.05) is 10.9 Å². The fraction of sp³-hybridized carbons (Fsp3) is 0.200. The van der Waals surface area contributed by atoms with Crippen LogP contribution < -0.4 is 0 Å². The summed E-state index contributed by atoms with van der Waals surface area (Å²) in [4.78, 5) is 16.3. The highest BCUT2D eigenvalue weighted by Crippen LogP contribution is 2.30. The Labute approximate surface area is 140 Å². The Kier molecular flexibility index (Phi) is 3.75. The molecule has 1 aliphatic rings. The molecule has 0 fully saturated rings. The minimum absolute atomic E-state index is 0.315. The number of hydrogen-bond acceptors (Lipinski definition) is 4. The average Bonchev–Trinajstić information content (AvgIpc) is 3.10. The van der Waals surface area contributed by atoms with Crippen molar-refractivity contribution in [3.05, 3.63) is 76.5 Å². The van der Waals surface area contributed by atoms with Gasteiger partial charge in [-0.3, -0.25) is 0 Å². The van der Waals surface area contributed by atoms with Gasteiger partial charge in [0.25, 0.3) is 0 Å². The van der Waals surface area contributed by atoms with Crippen LogP contribution in [0.2, 0.25) is 0 Å². The second-order valence-electron chi connectivity index (χ2n) is 5.89. The summed E-state index contributed by atoms with van der Waals surface area (Å²) in [6, 6.07) is 15.8. The molecule has 4 nitrogen and oxygen atoms in total. The van der Waals surface area contributed by atoms with Crippen LogP contribution in [0.4, 0.5) is 0 Å². The standard InChI is InChI=1S/C20H17NO3/c1-23-20(22)14-8-6-13(7-9-14)10-16-15-4-2-3-5-18(15)21-19-12-24-11-17(16)19/h2-9H,10-12H2,1H3. The van der Waals surface area contributed by atoms with Gasteiger partial charge in [0.2, 0.25) is 0 Å². The molecule has 3 aromatic rings. The second kappa shape index (κ2) is 6.06. The Morgan fingerprint density at radius 2 is 1.92 bits per heavy atom. The SMILES string of the molecule is COC(=O)c1ccc(Cc2c3c(nc4ccccc24)COC3)cc1. The smallest absolute Gasteiger partial charge is 0.337 e. The second-order valence-corrected chi connectivity index (χ2v) is 5.89. The number of benzene rings is 2. The van der Waals surface area contributed by atoms with Crippen LogP contribution in [0.1, 0.15) is 32.7 Å². The molecular formula is C20H17NO3. The highest BCUT2D eigenvalue weighted by molar-refractivity contribution is 5.89. The summed E-state index contributed by atoms with van der Waals surface area (Å²) in [5.74, 6) is -0.315. The van der Waals surface area contributed by atoms with Crippen LogP contribution in [0.5, 0.6) is 0 Å². The molecule has 2 heterocycles. The number of esters is 1. The normalized spacial score (nSPS) is 13.0. The van der Waals surface area contributed by atoms with Crippen molar-refractivity contribution in [2.75, 3.05) is 7.11 Å². The van der Waals surface area contributed by atoms with Gasteiger partial charge in [0.15, 0.2) is 0 Å². The highest BCUT2D eigenvalue weighted by Gasteiger charge is 2.20. The van der Waals surface area contributed by atoms with E-state index in [9.17, 15) is 4.79 Å². The Bertz CT molecular complexity index is 916. The van der Waals surface area contributed by atoms with E-state index in [4.69, 9.17) is 14.5 Å². The van der Waals surface area contributed by atoms with E-state index in [0.717, 1.165) is 23.2 Å². The van der Waals surface area contributed by atoms with Gasteiger partial charge in [-0.15, -0.1) is 0 Å². The molecule has 4 heteroatoms. The summed E-state index contributed by atoms with van der Waals surface area (Å²) >= 11 is 0. The van der Waals surface area contributed by atoms with Crippen molar-refractivity contribution in [3.8, 4) is 0 Å². The van der Waals surface area contributed by atoms with Gasteiger partial charge >= 0.3 is 5.97 Å². The lowest BCUT2D eigenvalue weighted by Gasteiger charge is -2.12. The topological polar surface area (TPSA) is 48.4 Å². The number of methoxy groups -OCH3 is 1. The van der Waals surface area contributed by atoms with Gasteiger partial charge in [-0.05, 0) is 35.7 Å². The molecule has 0 aliphatic carbocycles. The molecule has 0 radical (unpaired) electrons. The van der Waals surface area contributed by atoms with Gasteiger partial charge in [0.05, 0.1) is 37.1 Å². The molecule has 1 aliphatic heterocycles. The predicted octanol–water partition coefficient (Wildman–Crippen LogP) is 3.64. The fourth-order valence-electron chi connectivity index (χ4n) is 3.20. The van der Waals surface area contributed by atoms with Crippen molar-refractivity contribution in [3.63, 3.8) is 0 Å². The number of carbonyl (C=O) groups excluding carboxylic acids is 1. The molecule has 0 atom stereocenters. The first-order chi connectivity index (χ1) is 11.8. The molecule has 24 heavy (non-hydrogen) atoms. The van der Waals surface area contributed by atoms with Crippen LogP contribution in [0.3, 0.4) is 0 Å². The summed E-state index contributed by atoms with van der Waals surface area (Å²) in [6.45, 7) is 1.19. The summed E-state index contributed by atoms with van der Waals surface area (Å²) in [5.41, 5.74) is 6.21. The van der Waals surface area contributed by atoms with Crippen LogP contribution >= 0.6 is 0 Å². The van der Waals surface area contributed by atoms with Crippen molar-refractivity contribution in [2.24, 2.45) is 0 Å². The zero-order chi connectivity index (χ0) is 16.5. The molecule has 0 saturated heterocycles. The van der Waals surface area contributed by atoms with E-state index in [2.05, 4.69) is 6.07 Å². The number of rotatable bonds is 3. The zero-order valence-electron chi connectivity index (χ0n) is 13.4. The maximum Gasteiger partial charge on any atom is 0.337 e. The number of nitrogens with zero attached hydrogens (tertiary/aromatic N) is 1. The van der Waals surface area contributed by atoms with Gasteiger partial charge in [-0.1, -0.05) is 30.3 Å². The third-order valence-corrected chi connectivity index (χ3v) is 4.44. The Balaban J connectivity index is 1.75. The average molecular weight is 319 g/mol. The van der Waals surface area contributed by atoms with Crippen molar-refractivity contribution in [1.29, 1.82) is 0 Å². The predicted molar refractivity (Wildman–Crippen MR) is 90.8 cm³/mol. The molecule has 0 saturated carbocycles. The third kappa shape index (κ3) is 2.55. The number of fused-ring (bicyclic) bond motifs is 2. The van der Waals surface area contributed by atoms with Gasteiger partial charge in [-0.2, -0.15) is 0 Å². The molecule has 0 amide bonds. The lowest BCUT2D eigenvalue weighted by atomic mass is 9.95. The maximum atomic E-state index is 11.6. The van der Waals surface area contributed by atoms with E-state index in [1.807, 2.05) is 30.3 Å². The highest BCUT2D eigenvalue weighted by atomic mass is 16.5. The Morgan fingerprint density at radius 1 is 1.12 bits per heavy atom. The number of aromatic nitrogens is 1.